The predicted molar refractivity (Wildman–Crippen MR) is 158 cm³/mol. The number of rotatable bonds is 16. The van der Waals surface area contributed by atoms with Crippen LogP contribution < -0.4 is 25.0 Å². The van der Waals surface area contributed by atoms with Gasteiger partial charge in [-0.3, -0.25) is 9.59 Å². The fraction of sp³-hybridized carbons (Fsp3) is 0.364. The molecule has 3 aromatic rings. The van der Waals surface area contributed by atoms with E-state index in [1.807, 2.05) is 0 Å². The summed E-state index contributed by atoms with van der Waals surface area (Å²) in [6.45, 7) is 5.60. The fourth-order valence-electron chi connectivity index (χ4n) is 3.91. The number of nitrogens with one attached hydrogen (secondary N) is 1. The molecular formula is C33H39NO6. The molecular weight excluding hydrogens is 506 g/mol. The minimum absolute atomic E-state index is 0.137. The Balaban J connectivity index is 1.53. The van der Waals surface area contributed by atoms with Gasteiger partial charge in [0, 0.05) is 11.3 Å². The minimum atomic E-state index is -0.656. The zero-order valence-corrected chi connectivity index (χ0v) is 23.4. The lowest BCUT2D eigenvalue weighted by atomic mass is 10.2. The maximum atomic E-state index is 12.7. The Kier molecular flexibility index (Phi) is 12.7. The second-order valence-electron chi connectivity index (χ2n) is 9.56. The number of hydrogen-bond acceptors (Lipinski definition) is 6. The summed E-state index contributed by atoms with van der Waals surface area (Å²) in [6, 6.07) is 19.1. The molecule has 0 aliphatic rings. The van der Waals surface area contributed by atoms with Crippen molar-refractivity contribution < 1.29 is 23.8 Å². The first-order valence-electron chi connectivity index (χ1n) is 14.1. The van der Waals surface area contributed by atoms with Crippen LogP contribution in [0.3, 0.4) is 0 Å². The molecule has 0 bridgehead atoms. The van der Waals surface area contributed by atoms with Crippen molar-refractivity contribution in [2.75, 3.05) is 18.5 Å². The van der Waals surface area contributed by atoms with Gasteiger partial charge in [0.25, 0.3) is 5.91 Å². The van der Waals surface area contributed by atoms with Crippen LogP contribution in [0.5, 0.6) is 17.2 Å². The first-order valence-corrected chi connectivity index (χ1v) is 14.1. The van der Waals surface area contributed by atoms with Gasteiger partial charge in [-0.05, 0) is 85.6 Å². The van der Waals surface area contributed by atoms with Crippen molar-refractivity contribution in [3.63, 3.8) is 0 Å². The smallest absolute Gasteiger partial charge is 0.343 e. The van der Waals surface area contributed by atoms with Gasteiger partial charge in [0.1, 0.15) is 11.5 Å². The van der Waals surface area contributed by atoms with Crippen molar-refractivity contribution in [1.29, 1.82) is 0 Å². The number of benzene rings is 2. The molecule has 0 aliphatic carbocycles. The molecule has 40 heavy (non-hydrogen) atoms. The van der Waals surface area contributed by atoms with E-state index in [4.69, 9.17) is 14.2 Å². The Morgan fingerprint density at radius 3 is 1.70 bits per heavy atom. The molecule has 212 valence electrons. The van der Waals surface area contributed by atoms with E-state index >= 15 is 0 Å². The number of amides is 1. The first kappa shape index (κ1) is 30.4. The van der Waals surface area contributed by atoms with Crippen LogP contribution >= 0.6 is 0 Å². The number of unbranched alkanes of at least 4 members (excludes halogenated alkanes) is 6. The van der Waals surface area contributed by atoms with Crippen LogP contribution in [0.25, 0.3) is 0 Å². The van der Waals surface area contributed by atoms with Crippen molar-refractivity contribution in [1.82, 2.24) is 0 Å². The van der Waals surface area contributed by atoms with Gasteiger partial charge in [0.05, 0.1) is 18.8 Å². The molecule has 0 heterocycles. The average molecular weight is 546 g/mol. The molecule has 3 aromatic carbocycles. The van der Waals surface area contributed by atoms with Crippen molar-refractivity contribution in [2.24, 2.45) is 0 Å². The lowest BCUT2D eigenvalue weighted by Crippen LogP contribution is -2.13. The summed E-state index contributed by atoms with van der Waals surface area (Å²) in [7, 11) is 0. The molecule has 0 aromatic heterocycles. The highest BCUT2D eigenvalue weighted by Crippen LogP contribution is 2.17. The van der Waals surface area contributed by atoms with Gasteiger partial charge >= 0.3 is 5.97 Å². The number of hydrogen-bond donors (Lipinski definition) is 1. The molecule has 0 saturated heterocycles. The van der Waals surface area contributed by atoms with Gasteiger partial charge in [-0.2, -0.15) is 0 Å². The van der Waals surface area contributed by atoms with Gasteiger partial charge in [-0.25, -0.2) is 4.79 Å². The fourth-order valence-corrected chi connectivity index (χ4v) is 3.91. The average Bonchev–Trinajstić information content (AvgIpc) is 3.14. The number of esters is 1. The van der Waals surface area contributed by atoms with E-state index in [1.165, 1.54) is 49.9 Å². The highest BCUT2D eigenvalue weighted by Gasteiger charge is 2.12. The molecule has 7 nitrogen and oxygen atoms in total. The summed E-state index contributed by atoms with van der Waals surface area (Å²) in [5.41, 5.74) is 0.654. The SMILES string of the molecule is CCCCCCOc1ccc(C(=O)Nc2ccc(OC(=O)c3ccc(OCCCCCC)cc3)c(=O)cc2)cc1. The van der Waals surface area contributed by atoms with Crippen LogP contribution in [0.4, 0.5) is 5.69 Å². The second kappa shape index (κ2) is 16.7. The summed E-state index contributed by atoms with van der Waals surface area (Å²) in [6.07, 6.45) is 8.97. The third kappa shape index (κ3) is 10.2. The van der Waals surface area contributed by atoms with Crippen molar-refractivity contribution >= 4 is 17.6 Å². The van der Waals surface area contributed by atoms with E-state index in [-0.39, 0.29) is 11.7 Å². The summed E-state index contributed by atoms with van der Waals surface area (Å²) >= 11 is 0. The Labute approximate surface area is 236 Å². The van der Waals surface area contributed by atoms with Gasteiger partial charge in [0.2, 0.25) is 5.43 Å². The normalized spacial score (nSPS) is 10.6. The Morgan fingerprint density at radius 1 is 0.625 bits per heavy atom. The van der Waals surface area contributed by atoms with E-state index < -0.39 is 11.4 Å². The molecule has 0 spiro atoms. The van der Waals surface area contributed by atoms with E-state index in [0.717, 1.165) is 25.7 Å². The molecule has 3 rings (SSSR count). The molecule has 0 unspecified atom stereocenters. The van der Waals surface area contributed by atoms with E-state index in [0.29, 0.717) is 41.5 Å². The minimum Gasteiger partial charge on any atom is -0.494 e. The third-order valence-corrected chi connectivity index (χ3v) is 6.27. The number of carbonyl (C=O) groups is 2. The summed E-state index contributed by atoms with van der Waals surface area (Å²) in [5, 5.41) is 2.76. The van der Waals surface area contributed by atoms with Crippen molar-refractivity contribution in [2.45, 2.75) is 65.2 Å². The number of ether oxygens (including phenoxy) is 3. The summed E-state index contributed by atoms with van der Waals surface area (Å²) in [4.78, 5) is 37.8. The molecule has 1 N–H and O–H groups in total. The zero-order chi connectivity index (χ0) is 28.6. The number of anilines is 1. The number of carbonyl (C=O) groups excluding carboxylic acids is 2. The van der Waals surface area contributed by atoms with Crippen molar-refractivity contribution in [3.05, 3.63) is 94.1 Å². The largest absolute Gasteiger partial charge is 0.494 e. The highest BCUT2D eigenvalue weighted by atomic mass is 16.5. The predicted octanol–water partition coefficient (Wildman–Crippen LogP) is 7.44. The molecule has 0 fully saturated rings. The maximum absolute atomic E-state index is 12.7. The zero-order valence-electron chi connectivity index (χ0n) is 23.4. The molecule has 1 amide bonds. The molecule has 7 heteroatoms. The highest BCUT2D eigenvalue weighted by molar-refractivity contribution is 6.04. The Hall–Kier alpha value is -4.13. The summed E-state index contributed by atoms with van der Waals surface area (Å²) in [5.74, 6) is 0.262. The van der Waals surface area contributed by atoms with Crippen LogP contribution in [0, 0.1) is 0 Å². The van der Waals surface area contributed by atoms with Gasteiger partial charge in [-0.15, -0.1) is 0 Å². The van der Waals surface area contributed by atoms with Crippen LogP contribution in [0.1, 0.15) is 85.9 Å². The van der Waals surface area contributed by atoms with Gasteiger partial charge in [0.15, 0.2) is 5.75 Å². The monoisotopic (exact) mass is 545 g/mol. The Morgan fingerprint density at radius 2 is 1.15 bits per heavy atom. The third-order valence-electron chi connectivity index (χ3n) is 6.27. The first-order chi connectivity index (χ1) is 19.5. The quantitative estimate of drug-likeness (QED) is 0.149. The Bertz CT molecular complexity index is 1270. The van der Waals surface area contributed by atoms with Crippen LogP contribution in [0.2, 0.25) is 0 Å². The molecule has 0 atom stereocenters. The van der Waals surface area contributed by atoms with Crippen LogP contribution in [-0.2, 0) is 0 Å². The topological polar surface area (TPSA) is 90.9 Å². The lowest BCUT2D eigenvalue weighted by molar-refractivity contribution is 0.0733. The summed E-state index contributed by atoms with van der Waals surface area (Å²) < 4.78 is 16.8. The van der Waals surface area contributed by atoms with E-state index in [1.54, 1.807) is 48.5 Å². The van der Waals surface area contributed by atoms with E-state index in [2.05, 4.69) is 19.2 Å². The van der Waals surface area contributed by atoms with Crippen molar-refractivity contribution in [3.8, 4) is 17.2 Å². The van der Waals surface area contributed by atoms with Gasteiger partial charge in [-0.1, -0.05) is 52.4 Å². The standard InChI is InChI=1S/C33H39NO6/c1-3-5-7-9-23-38-28-17-11-25(12-18-28)32(36)34-27-15-21-30(35)31(22-16-27)40-33(37)26-13-19-29(20-14-26)39-24-10-8-6-4-2/h11-22H,3-10,23-24H2,1-2H3,(H,34,36). The van der Waals surface area contributed by atoms with E-state index in [9.17, 15) is 14.4 Å². The molecule has 0 radical (unpaired) electrons. The maximum Gasteiger partial charge on any atom is 0.343 e. The second-order valence-corrected chi connectivity index (χ2v) is 9.56. The molecule has 0 aliphatic heterocycles. The molecule has 0 saturated carbocycles. The van der Waals surface area contributed by atoms with Gasteiger partial charge < -0.3 is 19.5 Å². The van der Waals surface area contributed by atoms with Crippen LogP contribution in [0.15, 0.2) is 77.6 Å². The van der Waals surface area contributed by atoms with Crippen LogP contribution in [-0.4, -0.2) is 25.1 Å². The lowest BCUT2D eigenvalue weighted by Gasteiger charge is -2.07.